The quantitative estimate of drug-likeness (QED) is 0.863. The zero-order valence-corrected chi connectivity index (χ0v) is 12.5. The first-order chi connectivity index (χ1) is 9.70. The number of halogens is 2. The molecular weight excluding hydrogens is 325 g/mol. The van der Waals surface area contributed by atoms with Crippen molar-refractivity contribution in [2.75, 3.05) is 0 Å². The third kappa shape index (κ3) is 3.61. The molecule has 1 fully saturated rings. The highest BCUT2D eigenvalue weighted by molar-refractivity contribution is 9.10. The van der Waals surface area contributed by atoms with Gasteiger partial charge in [-0.15, -0.1) is 0 Å². The van der Waals surface area contributed by atoms with Gasteiger partial charge in [-0.3, -0.25) is 0 Å². The lowest BCUT2D eigenvalue weighted by Gasteiger charge is -2.05. The van der Waals surface area contributed by atoms with Crippen LogP contribution in [-0.4, -0.2) is 6.04 Å². The van der Waals surface area contributed by atoms with Crippen LogP contribution in [0.3, 0.4) is 0 Å². The number of benzene rings is 1. The van der Waals surface area contributed by atoms with Crippen molar-refractivity contribution in [2.45, 2.75) is 32.0 Å². The molecule has 2 aromatic rings. The summed E-state index contributed by atoms with van der Waals surface area (Å²) >= 11 is 3.13. The van der Waals surface area contributed by atoms with Crippen molar-refractivity contribution in [3.63, 3.8) is 0 Å². The normalized spacial score (nSPS) is 14.5. The Morgan fingerprint density at radius 3 is 2.80 bits per heavy atom. The minimum Gasteiger partial charge on any atom is -0.486 e. The van der Waals surface area contributed by atoms with Crippen molar-refractivity contribution in [1.82, 2.24) is 5.32 Å². The van der Waals surface area contributed by atoms with Crippen LogP contribution < -0.4 is 10.1 Å². The van der Waals surface area contributed by atoms with Gasteiger partial charge in [0.15, 0.2) is 0 Å². The Labute approximate surface area is 125 Å². The fourth-order valence-electron chi connectivity index (χ4n) is 1.85. The summed E-state index contributed by atoms with van der Waals surface area (Å²) in [5.74, 6) is 1.98. The maximum absolute atomic E-state index is 13.1. The molecule has 1 heterocycles. The molecule has 0 spiro atoms. The van der Waals surface area contributed by atoms with Gasteiger partial charge < -0.3 is 14.5 Å². The fourth-order valence-corrected chi connectivity index (χ4v) is 2.21. The second kappa shape index (κ2) is 5.97. The Morgan fingerprint density at radius 1 is 1.25 bits per heavy atom. The molecule has 1 aromatic heterocycles. The number of furan rings is 1. The number of hydrogen-bond donors (Lipinski definition) is 1. The summed E-state index contributed by atoms with van der Waals surface area (Å²) in [6.07, 6.45) is 2.52. The van der Waals surface area contributed by atoms with Crippen LogP contribution in [0.25, 0.3) is 0 Å². The Balaban J connectivity index is 1.53. The summed E-state index contributed by atoms with van der Waals surface area (Å²) in [7, 11) is 0. The molecule has 1 aromatic carbocycles. The number of rotatable bonds is 6. The van der Waals surface area contributed by atoms with E-state index in [9.17, 15) is 4.39 Å². The predicted octanol–water partition coefficient (Wildman–Crippen LogP) is 4.01. The summed E-state index contributed by atoms with van der Waals surface area (Å²) in [5, 5.41) is 3.39. The van der Waals surface area contributed by atoms with Gasteiger partial charge in [0.2, 0.25) is 0 Å². The van der Waals surface area contributed by atoms with Crippen LogP contribution in [0.15, 0.2) is 39.2 Å². The van der Waals surface area contributed by atoms with Gasteiger partial charge in [0, 0.05) is 6.04 Å². The van der Waals surface area contributed by atoms with Gasteiger partial charge in [0.1, 0.15) is 29.7 Å². The molecule has 1 N–H and O–H groups in total. The molecule has 0 radical (unpaired) electrons. The maximum Gasteiger partial charge on any atom is 0.146 e. The van der Waals surface area contributed by atoms with Crippen LogP contribution in [0.1, 0.15) is 24.4 Å². The van der Waals surface area contributed by atoms with Gasteiger partial charge >= 0.3 is 0 Å². The van der Waals surface area contributed by atoms with Crippen LogP contribution in [0.4, 0.5) is 4.39 Å². The van der Waals surface area contributed by atoms with Crippen molar-refractivity contribution in [3.05, 3.63) is 52.1 Å². The first-order valence-electron chi connectivity index (χ1n) is 6.59. The predicted molar refractivity (Wildman–Crippen MR) is 77.0 cm³/mol. The second-order valence-electron chi connectivity index (χ2n) is 4.89. The molecule has 0 saturated heterocycles. The molecule has 106 valence electrons. The van der Waals surface area contributed by atoms with E-state index in [1.165, 1.54) is 18.9 Å². The average molecular weight is 340 g/mol. The summed E-state index contributed by atoms with van der Waals surface area (Å²) in [5.41, 5.74) is 0. The van der Waals surface area contributed by atoms with E-state index in [0.29, 0.717) is 22.9 Å². The van der Waals surface area contributed by atoms with Gasteiger partial charge in [0.25, 0.3) is 0 Å². The first kappa shape index (κ1) is 13.6. The molecule has 0 unspecified atom stereocenters. The van der Waals surface area contributed by atoms with Gasteiger partial charge in [-0.05, 0) is 59.1 Å². The smallest absolute Gasteiger partial charge is 0.146 e. The highest BCUT2D eigenvalue weighted by Gasteiger charge is 2.20. The lowest BCUT2D eigenvalue weighted by Crippen LogP contribution is -2.14. The maximum atomic E-state index is 13.1. The summed E-state index contributed by atoms with van der Waals surface area (Å²) in [4.78, 5) is 0. The monoisotopic (exact) mass is 339 g/mol. The van der Waals surface area contributed by atoms with Crippen molar-refractivity contribution in [2.24, 2.45) is 0 Å². The summed E-state index contributed by atoms with van der Waals surface area (Å²) in [6.45, 7) is 1.09. The Bertz CT molecular complexity index is 595. The Morgan fingerprint density at radius 2 is 2.05 bits per heavy atom. The van der Waals surface area contributed by atoms with E-state index in [4.69, 9.17) is 9.15 Å². The highest BCUT2D eigenvalue weighted by Crippen LogP contribution is 2.23. The molecule has 3 nitrogen and oxygen atoms in total. The van der Waals surface area contributed by atoms with Crippen LogP contribution >= 0.6 is 15.9 Å². The zero-order chi connectivity index (χ0) is 13.9. The lowest BCUT2D eigenvalue weighted by molar-refractivity contribution is 0.264. The van der Waals surface area contributed by atoms with E-state index >= 15 is 0 Å². The van der Waals surface area contributed by atoms with E-state index in [2.05, 4.69) is 21.2 Å². The topological polar surface area (TPSA) is 34.4 Å². The standard InChI is InChI=1S/C15H15BrFNO2/c16-14-7-11(5-6-15(14)17)19-9-13-4-3-12(20-13)8-18-10-1-2-10/h3-7,10,18H,1-2,8-9H2. The number of ether oxygens (including phenoxy) is 1. The van der Waals surface area contributed by atoms with E-state index in [-0.39, 0.29) is 5.82 Å². The molecule has 5 heteroatoms. The SMILES string of the molecule is Fc1ccc(OCc2ccc(CNC3CC3)o2)cc1Br. The third-order valence-corrected chi connectivity index (χ3v) is 3.74. The Hall–Kier alpha value is -1.33. The average Bonchev–Trinajstić information content (AvgIpc) is 3.16. The van der Waals surface area contributed by atoms with E-state index in [0.717, 1.165) is 18.1 Å². The largest absolute Gasteiger partial charge is 0.486 e. The third-order valence-electron chi connectivity index (χ3n) is 3.13. The van der Waals surface area contributed by atoms with E-state index < -0.39 is 0 Å². The summed E-state index contributed by atoms with van der Waals surface area (Å²) < 4.78 is 24.7. The minimum atomic E-state index is -0.302. The van der Waals surface area contributed by atoms with Gasteiger partial charge in [-0.25, -0.2) is 4.39 Å². The zero-order valence-electron chi connectivity index (χ0n) is 10.9. The molecule has 3 rings (SSSR count). The molecule has 1 aliphatic rings. The first-order valence-corrected chi connectivity index (χ1v) is 7.39. The van der Waals surface area contributed by atoms with Crippen molar-refractivity contribution in [3.8, 4) is 5.75 Å². The van der Waals surface area contributed by atoms with Crippen molar-refractivity contribution >= 4 is 15.9 Å². The summed E-state index contributed by atoms with van der Waals surface area (Å²) in [6, 6.07) is 9.09. The molecule has 1 aliphatic carbocycles. The number of hydrogen-bond acceptors (Lipinski definition) is 3. The molecule has 0 amide bonds. The van der Waals surface area contributed by atoms with E-state index in [1.54, 1.807) is 12.1 Å². The molecule has 0 bridgehead atoms. The lowest BCUT2D eigenvalue weighted by atomic mass is 10.3. The molecule has 1 saturated carbocycles. The van der Waals surface area contributed by atoms with Crippen LogP contribution in [-0.2, 0) is 13.2 Å². The number of nitrogens with one attached hydrogen (secondary N) is 1. The van der Waals surface area contributed by atoms with Gasteiger partial charge in [-0.1, -0.05) is 0 Å². The van der Waals surface area contributed by atoms with Crippen molar-refractivity contribution < 1.29 is 13.5 Å². The van der Waals surface area contributed by atoms with Crippen LogP contribution in [0.5, 0.6) is 5.75 Å². The molecule has 20 heavy (non-hydrogen) atoms. The van der Waals surface area contributed by atoms with Crippen LogP contribution in [0.2, 0.25) is 0 Å². The van der Waals surface area contributed by atoms with Gasteiger partial charge in [0.05, 0.1) is 11.0 Å². The Kier molecular flexibility index (Phi) is 4.08. The van der Waals surface area contributed by atoms with Crippen molar-refractivity contribution in [1.29, 1.82) is 0 Å². The van der Waals surface area contributed by atoms with E-state index in [1.807, 2.05) is 12.1 Å². The second-order valence-corrected chi connectivity index (χ2v) is 5.74. The molecule has 0 aliphatic heterocycles. The highest BCUT2D eigenvalue weighted by atomic mass is 79.9. The molecular formula is C15H15BrFNO2. The van der Waals surface area contributed by atoms with Gasteiger partial charge in [-0.2, -0.15) is 0 Å². The molecule has 0 atom stereocenters. The fraction of sp³-hybridized carbons (Fsp3) is 0.333. The minimum absolute atomic E-state index is 0.302. The van der Waals surface area contributed by atoms with Crippen LogP contribution in [0, 0.1) is 5.82 Å².